The molecule has 0 amide bonds. The van der Waals surface area contributed by atoms with Crippen LogP contribution < -0.4 is 28.0 Å². The predicted octanol–water partition coefficient (Wildman–Crippen LogP) is 1.45. The van der Waals surface area contributed by atoms with E-state index in [-0.39, 0.29) is 34.5 Å². The number of aromatic nitrogens is 6. The van der Waals surface area contributed by atoms with Crippen LogP contribution in [0.2, 0.25) is 0 Å². The Morgan fingerprint density at radius 3 is 2.53 bits per heavy atom. The Bertz CT molecular complexity index is 1950. The van der Waals surface area contributed by atoms with Gasteiger partial charge >= 0.3 is 18.6 Å². The van der Waals surface area contributed by atoms with Gasteiger partial charge in [-0.2, -0.15) is 0 Å². The van der Waals surface area contributed by atoms with Gasteiger partial charge in [0.05, 0.1) is 25.6 Å². The van der Waals surface area contributed by atoms with Crippen LogP contribution in [-0.2, 0) is 46.2 Å². The average molecular weight is 789 g/mol. The molecular formula is C24H32F2N8O14P2S. The number of halogens is 2. The minimum Gasteiger partial charge on any atom is -0.756 e. The van der Waals surface area contributed by atoms with E-state index in [0.717, 1.165) is 29.5 Å². The van der Waals surface area contributed by atoms with Gasteiger partial charge < -0.3 is 44.8 Å². The van der Waals surface area contributed by atoms with Crippen LogP contribution in [-0.4, -0.2) is 97.2 Å². The second-order valence-electron chi connectivity index (χ2n) is 11.1. The first kappa shape index (κ1) is 38.9. The Morgan fingerprint density at radius 2 is 1.80 bits per heavy atom. The van der Waals surface area contributed by atoms with Gasteiger partial charge in [0, 0.05) is 23.6 Å². The number of aromatic amines is 1. The first-order valence-electron chi connectivity index (χ1n) is 14.5. The van der Waals surface area contributed by atoms with E-state index in [4.69, 9.17) is 42.8 Å². The molecule has 3 aromatic heterocycles. The maximum absolute atomic E-state index is 16.3. The van der Waals surface area contributed by atoms with Crippen LogP contribution in [0.5, 0.6) is 0 Å². The van der Waals surface area contributed by atoms with Gasteiger partial charge in [-0.3, -0.25) is 32.5 Å². The summed E-state index contributed by atoms with van der Waals surface area (Å²) in [5, 5.41) is 0. The molecule has 6 rings (SSSR count). The third-order valence-corrected chi connectivity index (χ3v) is 11.6. The first-order valence-corrected chi connectivity index (χ1v) is 19.1. The predicted molar refractivity (Wildman–Crippen MR) is 167 cm³/mol. The van der Waals surface area contributed by atoms with Gasteiger partial charge in [-0.1, -0.05) is 0 Å². The van der Waals surface area contributed by atoms with Crippen LogP contribution in [0.4, 0.5) is 19.4 Å². The number of nitrogen functional groups attached to an aromatic ring is 1. The summed E-state index contributed by atoms with van der Waals surface area (Å²) in [6, 6.07) is 0.888. The van der Waals surface area contributed by atoms with Gasteiger partial charge in [0.2, 0.25) is 0 Å². The van der Waals surface area contributed by atoms with E-state index in [0.29, 0.717) is 4.57 Å². The molecule has 282 valence electrons. The molecule has 0 spiro atoms. The minimum absolute atomic E-state index is 0. The van der Waals surface area contributed by atoms with Crippen molar-refractivity contribution in [2.75, 3.05) is 24.9 Å². The van der Waals surface area contributed by atoms with Crippen molar-refractivity contribution < 1.29 is 64.6 Å². The fourth-order valence-corrected chi connectivity index (χ4v) is 8.84. The molecule has 3 aliphatic rings. The zero-order valence-corrected chi connectivity index (χ0v) is 29.3. The molecule has 0 saturated carbocycles. The van der Waals surface area contributed by atoms with E-state index in [9.17, 15) is 28.4 Å². The number of phosphoric ester groups is 1. The quantitative estimate of drug-likeness (QED) is 0.181. The van der Waals surface area contributed by atoms with Crippen LogP contribution >= 0.6 is 26.0 Å². The number of nitrogens with zero attached hydrogens (tertiary/aromatic N) is 5. The number of ether oxygens (including phenoxy) is 4. The molecule has 0 aliphatic carbocycles. The molecule has 6 heterocycles. The fourth-order valence-electron chi connectivity index (χ4n) is 5.15. The SMILES string of the molecule is CC(C)OC(=O)OCSP1(=O)OC[C@H]2O[C@@H](n3ccc(=O)[nH]c3=O)[C@H](OP(=O)([O-])OC[C@H]3O[C@@H](n4cnc5c(N)ncnc54)[C@H](F)[C@@H]3O1)[C@@H]2F.[NH4+]. The molecule has 7 N–H and O–H groups in total. The maximum atomic E-state index is 16.3. The first-order chi connectivity index (χ1) is 23.6. The number of nitrogens with one attached hydrogen (secondary N) is 1. The van der Waals surface area contributed by atoms with Gasteiger partial charge in [0.15, 0.2) is 42.2 Å². The summed E-state index contributed by atoms with van der Waals surface area (Å²) in [7, 11) is -5.54. The molecule has 3 aromatic rings. The van der Waals surface area contributed by atoms with Crippen LogP contribution in [0.3, 0.4) is 0 Å². The summed E-state index contributed by atoms with van der Waals surface area (Å²) >= 11 is 0.242. The van der Waals surface area contributed by atoms with Crippen LogP contribution in [0.1, 0.15) is 26.3 Å². The van der Waals surface area contributed by atoms with Gasteiger partial charge in [-0.15, -0.1) is 0 Å². The van der Waals surface area contributed by atoms with Crippen LogP contribution in [0, 0.1) is 0 Å². The van der Waals surface area contributed by atoms with E-state index in [2.05, 4.69) is 15.0 Å². The molecule has 22 nitrogen and oxygen atoms in total. The molecule has 3 aliphatic heterocycles. The van der Waals surface area contributed by atoms with E-state index in [1.807, 2.05) is 4.98 Å². The highest BCUT2D eigenvalue weighted by Crippen LogP contribution is 2.63. The number of alkyl halides is 2. The number of fused-ring (bicyclic) bond motifs is 4. The number of carbonyl (C=O) groups excluding carboxylic acids is 1. The molecular weight excluding hydrogens is 756 g/mol. The summed E-state index contributed by atoms with van der Waals surface area (Å²) in [5.41, 5.74) is 4.02. The number of quaternary nitrogens is 1. The lowest BCUT2D eigenvalue weighted by molar-refractivity contribution is -0.236. The van der Waals surface area contributed by atoms with E-state index >= 15 is 8.78 Å². The lowest BCUT2D eigenvalue weighted by Crippen LogP contribution is -2.38. The summed E-state index contributed by atoms with van der Waals surface area (Å²) in [4.78, 5) is 63.0. The van der Waals surface area contributed by atoms with E-state index < -0.39 is 106 Å². The largest absolute Gasteiger partial charge is 0.756 e. The maximum Gasteiger partial charge on any atom is 0.509 e. The van der Waals surface area contributed by atoms with E-state index in [1.54, 1.807) is 13.8 Å². The number of nitrogens with two attached hydrogens (primary N) is 1. The van der Waals surface area contributed by atoms with Crippen LogP contribution in [0.15, 0.2) is 34.5 Å². The molecule has 0 aromatic carbocycles. The Labute approximate surface area is 288 Å². The second-order valence-corrected chi connectivity index (χ2v) is 16.4. The normalized spacial score (nSPS) is 34.2. The van der Waals surface area contributed by atoms with Crippen molar-refractivity contribution in [3.8, 4) is 0 Å². The summed E-state index contributed by atoms with van der Waals surface area (Å²) in [5.74, 6) is -0.772. The summed E-state index contributed by atoms with van der Waals surface area (Å²) < 4.78 is 103. The second kappa shape index (κ2) is 15.3. The number of imidazole rings is 1. The molecule has 2 bridgehead atoms. The number of H-pyrrole nitrogens is 1. The molecule has 3 saturated heterocycles. The average Bonchev–Trinajstić information content (AvgIpc) is 3.69. The third-order valence-electron chi connectivity index (χ3n) is 7.33. The Hall–Kier alpha value is -3.35. The lowest BCUT2D eigenvalue weighted by Gasteiger charge is -2.31. The minimum atomic E-state index is -5.54. The van der Waals surface area contributed by atoms with Gasteiger partial charge in [0.25, 0.3) is 13.4 Å². The Kier molecular flexibility index (Phi) is 11.7. The van der Waals surface area contributed by atoms with Crippen molar-refractivity contribution >= 4 is 49.1 Å². The van der Waals surface area contributed by atoms with Crippen molar-refractivity contribution in [2.24, 2.45) is 0 Å². The third kappa shape index (κ3) is 8.33. The van der Waals surface area contributed by atoms with Gasteiger partial charge in [-0.25, -0.2) is 37.9 Å². The smallest absolute Gasteiger partial charge is 0.509 e. The van der Waals surface area contributed by atoms with E-state index in [1.165, 1.54) is 0 Å². The number of carbonyl (C=O) groups is 1. The topological polar surface area (TPSA) is 309 Å². The molecule has 51 heavy (non-hydrogen) atoms. The van der Waals surface area contributed by atoms with Crippen molar-refractivity contribution in [1.29, 1.82) is 0 Å². The number of rotatable bonds is 6. The highest BCUT2D eigenvalue weighted by Gasteiger charge is 2.54. The highest BCUT2D eigenvalue weighted by molar-refractivity contribution is 8.55. The van der Waals surface area contributed by atoms with Crippen molar-refractivity contribution in [3.05, 3.63) is 45.8 Å². The summed E-state index contributed by atoms with van der Waals surface area (Å²) in [6.45, 7) is -3.65. The van der Waals surface area contributed by atoms with Gasteiger partial charge in [0.1, 0.15) is 36.3 Å². The lowest BCUT2D eigenvalue weighted by atomic mass is 10.1. The number of phosphoric acid groups is 1. The number of hydrogen-bond donors (Lipinski definition) is 3. The zero-order valence-electron chi connectivity index (χ0n) is 26.7. The molecule has 2 unspecified atom stereocenters. The van der Waals surface area contributed by atoms with Crippen LogP contribution in [0.25, 0.3) is 11.2 Å². The Balaban J connectivity index is 0.00000504. The molecule has 27 heteroatoms. The molecule has 3 fully saturated rings. The highest BCUT2D eigenvalue weighted by atomic mass is 32.7. The Morgan fingerprint density at radius 1 is 1.08 bits per heavy atom. The standard InChI is InChI=1S/C24H29F2N7O14P2S.H3N/c1-10(2)43-24(36)40-9-50-49(39)42-5-11-14(25)18(22(44-11)32-4-3-13(34)31-23(32)35)46-48(37,38)41-6-12-17(47-49)15(26)21(45-12)33-8-30-16-19(27)28-7-29-20(16)33;/h3-4,7-8,10-12,14-15,17-18,21-22H,5-6,9H2,1-2H3,(H,37,38)(H2,27,28,29)(H,31,34,35);1H3/t11-,12-,14-,15-,17-,18-,21-,22-,49?;/m1./s1. The zero-order chi connectivity index (χ0) is 36.0. The molecule has 0 radical (unpaired) electrons. The monoisotopic (exact) mass is 788 g/mol. The number of hydrogen-bond acceptors (Lipinski definition) is 19. The van der Waals surface area contributed by atoms with Crippen molar-refractivity contribution in [1.82, 2.24) is 35.2 Å². The van der Waals surface area contributed by atoms with Gasteiger partial charge in [-0.05, 0) is 13.8 Å². The fraction of sp³-hybridized carbons (Fsp3) is 0.583. The van der Waals surface area contributed by atoms with Crippen molar-refractivity contribution in [3.63, 3.8) is 0 Å². The summed E-state index contributed by atoms with van der Waals surface area (Å²) in [6.07, 6.45) is -14.2. The molecule has 10 atom stereocenters. The van der Waals surface area contributed by atoms with Crippen molar-refractivity contribution in [2.45, 2.75) is 69.2 Å². The number of anilines is 1.